The predicted molar refractivity (Wildman–Crippen MR) is 123 cm³/mol. The average Bonchev–Trinajstić information content (AvgIpc) is 3.24. The summed E-state index contributed by atoms with van der Waals surface area (Å²) in [5.74, 6) is -1.90. The second-order valence-electron chi connectivity index (χ2n) is 8.29. The fourth-order valence-electron chi connectivity index (χ4n) is 4.34. The number of carbonyl (C=O) groups is 4. The minimum Gasteiger partial charge on any atom is -0.454 e. The minimum absolute atomic E-state index is 0.143. The fourth-order valence-corrected chi connectivity index (χ4v) is 4.34. The summed E-state index contributed by atoms with van der Waals surface area (Å²) >= 11 is 0. The van der Waals surface area contributed by atoms with E-state index >= 15 is 0 Å². The van der Waals surface area contributed by atoms with E-state index in [1.807, 2.05) is 27.7 Å². The van der Waals surface area contributed by atoms with Crippen LogP contribution in [0.25, 0.3) is 0 Å². The number of benzene rings is 2. The molecule has 4 rings (SSSR count). The maximum atomic E-state index is 12.7. The van der Waals surface area contributed by atoms with E-state index in [9.17, 15) is 19.2 Å². The van der Waals surface area contributed by atoms with Crippen molar-refractivity contribution < 1.29 is 23.9 Å². The smallest absolute Gasteiger partial charge is 0.338 e. The molecule has 2 aromatic carbocycles. The number of fused-ring (bicyclic) bond motifs is 1. The lowest BCUT2D eigenvalue weighted by Gasteiger charge is -2.15. The molecule has 33 heavy (non-hydrogen) atoms. The maximum absolute atomic E-state index is 12.7. The van der Waals surface area contributed by atoms with E-state index in [0.717, 1.165) is 16.3 Å². The Bertz CT molecular complexity index is 1270. The van der Waals surface area contributed by atoms with Crippen LogP contribution in [0, 0.1) is 13.8 Å². The van der Waals surface area contributed by atoms with Crippen molar-refractivity contribution in [3.8, 4) is 0 Å². The van der Waals surface area contributed by atoms with Gasteiger partial charge in [-0.15, -0.1) is 0 Å². The number of ether oxygens (including phenoxy) is 1. The number of rotatable bonds is 6. The molecule has 1 aliphatic rings. The molecule has 0 N–H and O–H groups in total. The highest BCUT2D eigenvalue weighted by Gasteiger charge is 2.36. The van der Waals surface area contributed by atoms with Crippen LogP contribution in [-0.4, -0.2) is 34.7 Å². The summed E-state index contributed by atoms with van der Waals surface area (Å²) in [6.07, 6.45) is 0. The van der Waals surface area contributed by atoms with Crippen LogP contribution in [-0.2, 0) is 4.74 Å². The van der Waals surface area contributed by atoms with Gasteiger partial charge in [0.15, 0.2) is 6.61 Å². The van der Waals surface area contributed by atoms with Crippen molar-refractivity contribution in [1.29, 1.82) is 0 Å². The highest BCUT2D eigenvalue weighted by Crippen LogP contribution is 2.29. The van der Waals surface area contributed by atoms with Gasteiger partial charge in [-0.05, 0) is 64.1 Å². The number of anilines is 1. The zero-order chi connectivity index (χ0) is 23.9. The Labute approximate surface area is 191 Å². The van der Waals surface area contributed by atoms with Crippen molar-refractivity contribution in [2.45, 2.75) is 33.7 Å². The van der Waals surface area contributed by atoms with Crippen LogP contribution in [0.2, 0.25) is 0 Å². The molecule has 7 nitrogen and oxygen atoms in total. The van der Waals surface area contributed by atoms with Crippen LogP contribution in [0.15, 0.2) is 54.6 Å². The first-order chi connectivity index (χ1) is 15.7. The van der Waals surface area contributed by atoms with Crippen molar-refractivity contribution in [3.05, 3.63) is 88.2 Å². The third-order valence-electron chi connectivity index (χ3n) is 5.77. The molecule has 1 aromatic heterocycles. The monoisotopic (exact) mass is 444 g/mol. The number of imide groups is 1. The number of amides is 2. The second-order valence-corrected chi connectivity index (χ2v) is 8.29. The summed E-state index contributed by atoms with van der Waals surface area (Å²) in [5.41, 5.74) is 3.36. The molecule has 0 bridgehead atoms. The van der Waals surface area contributed by atoms with Crippen LogP contribution in [0.3, 0.4) is 0 Å². The maximum Gasteiger partial charge on any atom is 0.338 e. The van der Waals surface area contributed by atoms with Crippen molar-refractivity contribution >= 4 is 29.3 Å². The molecule has 2 heterocycles. The molecule has 1 aliphatic heterocycles. The second kappa shape index (κ2) is 8.50. The zero-order valence-corrected chi connectivity index (χ0v) is 18.9. The van der Waals surface area contributed by atoms with Crippen LogP contribution >= 0.6 is 0 Å². The van der Waals surface area contributed by atoms with E-state index in [1.54, 1.807) is 42.5 Å². The topological polar surface area (TPSA) is 85.7 Å². The van der Waals surface area contributed by atoms with Gasteiger partial charge in [-0.3, -0.25) is 14.4 Å². The molecule has 2 amide bonds. The molecule has 0 radical (unpaired) electrons. The van der Waals surface area contributed by atoms with Gasteiger partial charge in [-0.2, -0.15) is 0 Å². The number of Topliss-reactive ketones (excluding diaryl/α,β-unsaturated/α-hetero) is 1. The molecule has 0 saturated carbocycles. The number of aryl methyl sites for hydroxylation is 1. The van der Waals surface area contributed by atoms with Gasteiger partial charge in [0.25, 0.3) is 11.8 Å². The first-order valence-electron chi connectivity index (χ1n) is 10.7. The van der Waals surface area contributed by atoms with Gasteiger partial charge in [0.05, 0.1) is 22.4 Å². The molecule has 0 unspecified atom stereocenters. The Morgan fingerprint density at radius 2 is 1.55 bits per heavy atom. The van der Waals surface area contributed by atoms with Crippen LogP contribution < -0.4 is 4.90 Å². The molecule has 0 spiro atoms. The van der Waals surface area contributed by atoms with Gasteiger partial charge >= 0.3 is 5.97 Å². The number of carbonyl (C=O) groups excluding carboxylic acids is 4. The van der Waals surface area contributed by atoms with Crippen molar-refractivity contribution in [3.63, 3.8) is 0 Å². The number of hydrogen-bond acceptors (Lipinski definition) is 5. The number of nitrogens with zero attached hydrogens (tertiary/aromatic N) is 2. The van der Waals surface area contributed by atoms with Crippen LogP contribution in [0.4, 0.5) is 5.69 Å². The van der Waals surface area contributed by atoms with E-state index in [2.05, 4.69) is 4.57 Å². The van der Waals surface area contributed by atoms with E-state index in [-0.39, 0.29) is 23.1 Å². The number of hydrogen-bond donors (Lipinski definition) is 0. The standard InChI is InChI=1S/C26H24N2O5/c1-15(2)27-16(3)12-22(17(27)4)23(29)14-33-26(32)18-8-7-9-19(13-18)28-24(30)20-10-5-6-11-21(20)25(28)31/h5-13,15H,14H2,1-4H3. The Morgan fingerprint density at radius 3 is 2.12 bits per heavy atom. The first kappa shape index (κ1) is 22.2. The molecule has 7 heteroatoms. The van der Waals surface area contributed by atoms with Crippen molar-refractivity contribution in [2.75, 3.05) is 11.5 Å². The third-order valence-corrected chi connectivity index (χ3v) is 5.77. The quantitative estimate of drug-likeness (QED) is 0.317. The summed E-state index contributed by atoms with van der Waals surface area (Å²) in [4.78, 5) is 51.8. The summed E-state index contributed by atoms with van der Waals surface area (Å²) < 4.78 is 7.31. The lowest BCUT2D eigenvalue weighted by molar-refractivity contribution is 0.0474. The Balaban J connectivity index is 1.49. The van der Waals surface area contributed by atoms with Gasteiger partial charge in [0, 0.05) is 23.0 Å². The Morgan fingerprint density at radius 1 is 0.909 bits per heavy atom. The fraction of sp³-hybridized carbons (Fsp3) is 0.231. The Kier molecular flexibility index (Phi) is 5.72. The van der Waals surface area contributed by atoms with Gasteiger partial charge in [0.2, 0.25) is 5.78 Å². The molecule has 0 atom stereocenters. The summed E-state index contributed by atoms with van der Waals surface area (Å²) in [6.45, 7) is 7.47. The third kappa shape index (κ3) is 3.86. The van der Waals surface area contributed by atoms with Gasteiger partial charge in [-0.25, -0.2) is 9.69 Å². The molecule has 0 saturated heterocycles. The van der Waals surface area contributed by atoms with E-state index in [1.165, 1.54) is 12.1 Å². The molecule has 0 aliphatic carbocycles. The molecule has 3 aromatic rings. The first-order valence-corrected chi connectivity index (χ1v) is 10.7. The lowest BCUT2D eigenvalue weighted by atomic mass is 10.1. The van der Waals surface area contributed by atoms with E-state index in [4.69, 9.17) is 4.74 Å². The Hall–Kier alpha value is -4.00. The molecule has 168 valence electrons. The van der Waals surface area contributed by atoms with E-state index in [0.29, 0.717) is 16.7 Å². The number of ketones is 1. The van der Waals surface area contributed by atoms with Crippen LogP contribution in [0.5, 0.6) is 0 Å². The van der Waals surface area contributed by atoms with Crippen molar-refractivity contribution in [2.24, 2.45) is 0 Å². The molecular formula is C26H24N2O5. The summed E-state index contributed by atoms with van der Waals surface area (Å²) in [5, 5.41) is 0. The van der Waals surface area contributed by atoms with E-state index < -0.39 is 24.4 Å². The lowest BCUT2D eigenvalue weighted by Crippen LogP contribution is -2.29. The van der Waals surface area contributed by atoms with Crippen LogP contribution in [0.1, 0.15) is 72.7 Å². The molecule has 0 fully saturated rings. The normalized spacial score (nSPS) is 12.9. The zero-order valence-electron chi connectivity index (χ0n) is 18.9. The summed E-state index contributed by atoms with van der Waals surface area (Å²) in [7, 11) is 0. The van der Waals surface area contributed by atoms with Gasteiger partial charge < -0.3 is 9.30 Å². The predicted octanol–water partition coefficient (Wildman–Crippen LogP) is 4.53. The minimum atomic E-state index is -0.709. The van der Waals surface area contributed by atoms with Gasteiger partial charge in [0.1, 0.15) is 0 Å². The highest BCUT2D eigenvalue weighted by molar-refractivity contribution is 6.34. The summed E-state index contributed by atoms with van der Waals surface area (Å²) in [6, 6.07) is 14.6. The van der Waals surface area contributed by atoms with Gasteiger partial charge in [-0.1, -0.05) is 18.2 Å². The SMILES string of the molecule is Cc1cc(C(=O)COC(=O)c2cccc(N3C(=O)c4ccccc4C3=O)c2)c(C)n1C(C)C. The highest BCUT2D eigenvalue weighted by atomic mass is 16.5. The molecular weight excluding hydrogens is 420 g/mol. The number of esters is 1. The average molecular weight is 444 g/mol. The largest absolute Gasteiger partial charge is 0.454 e. The number of aromatic nitrogens is 1. The van der Waals surface area contributed by atoms with Crippen molar-refractivity contribution in [1.82, 2.24) is 4.57 Å².